The highest BCUT2D eigenvalue weighted by Crippen LogP contribution is 2.23. The predicted molar refractivity (Wildman–Crippen MR) is 79.4 cm³/mol. The van der Waals surface area contributed by atoms with E-state index in [9.17, 15) is 9.59 Å². The van der Waals surface area contributed by atoms with Gasteiger partial charge in [0.15, 0.2) is 6.61 Å². The number of hydrogen-bond acceptors (Lipinski definition) is 4. The van der Waals surface area contributed by atoms with Gasteiger partial charge in [-0.3, -0.25) is 9.59 Å². The second-order valence-corrected chi connectivity index (χ2v) is 5.38. The van der Waals surface area contributed by atoms with Gasteiger partial charge in [0.2, 0.25) is 5.91 Å². The smallest absolute Gasteiger partial charge is 0.258 e. The van der Waals surface area contributed by atoms with Crippen molar-refractivity contribution >= 4 is 17.5 Å². The highest BCUT2D eigenvalue weighted by Gasteiger charge is 2.25. The van der Waals surface area contributed by atoms with E-state index < -0.39 is 0 Å². The topological polar surface area (TPSA) is 107 Å². The summed E-state index contributed by atoms with van der Waals surface area (Å²) in [6.07, 6.45) is 3.02. The van der Waals surface area contributed by atoms with Gasteiger partial charge in [0.25, 0.3) is 5.91 Å². The molecule has 0 saturated heterocycles. The molecule has 1 aromatic rings. The van der Waals surface area contributed by atoms with Gasteiger partial charge in [-0.1, -0.05) is 6.07 Å². The highest BCUT2D eigenvalue weighted by molar-refractivity contribution is 5.78. The molecule has 0 heterocycles. The number of anilines is 1. The molecule has 6 heteroatoms. The Kier molecular flexibility index (Phi) is 5.03. The van der Waals surface area contributed by atoms with Gasteiger partial charge in [0.05, 0.1) is 0 Å². The Morgan fingerprint density at radius 3 is 2.57 bits per heavy atom. The van der Waals surface area contributed by atoms with Crippen LogP contribution in [0, 0.1) is 5.92 Å². The minimum absolute atomic E-state index is 0.0425. The average Bonchev–Trinajstić information content (AvgIpc) is 2.46. The van der Waals surface area contributed by atoms with Crippen LogP contribution in [0.1, 0.15) is 25.7 Å². The number of amides is 2. The molecule has 0 bridgehead atoms. The fraction of sp³-hybridized carbons (Fsp3) is 0.467. The predicted octanol–water partition coefficient (Wildman–Crippen LogP) is 0.808. The van der Waals surface area contributed by atoms with Crippen molar-refractivity contribution in [2.75, 3.05) is 12.3 Å². The van der Waals surface area contributed by atoms with Crippen molar-refractivity contribution in [2.45, 2.75) is 31.7 Å². The van der Waals surface area contributed by atoms with Crippen LogP contribution in [0.5, 0.6) is 5.75 Å². The maximum absolute atomic E-state index is 11.8. The van der Waals surface area contributed by atoms with Crippen molar-refractivity contribution in [3.8, 4) is 5.75 Å². The highest BCUT2D eigenvalue weighted by atomic mass is 16.5. The molecule has 0 atom stereocenters. The lowest BCUT2D eigenvalue weighted by Gasteiger charge is -2.27. The Morgan fingerprint density at radius 2 is 1.95 bits per heavy atom. The van der Waals surface area contributed by atoms with E-state index in [-0.39, 0.29) is 30.4 Å². The van der Waals surface area contributed by atoms with Crippen LogP contribution in [0.2, 0.25) is 0 Å². The second-order valence-electron chi connectivity index (χ2n) is 5.38. The molecule has 2 amide bonds. The van der Waals surface area contributed by atoms with Gasteiger partial charge >= 0.3 is 0 Å². The van der Waals surface area contributed by atoms with Crippen LogP contribution in [0.4, 0.5) is 5.69 Å². The zero-order valence-corrected chi connectivity index (χ0v) is 11.9. The van der Waals surface area contributed by atoms with Crippen LogP contribution in [0.3, 0.4) is 0 Å². The third-order valence-corrected chi connectivity index (χ3v) is 3.72. The third-order valence-electron chi connectivity index (χ3n) is 3.72. The molecule has 0 aromatic heterocycles. The summed E-state index contributed by atoms with van der Waals surface area (Å²) in [5, 5.41) is 2.92. The van der Waals surface area contributed by atoms with Gasteiger partial charge in [0, 0.05) is 23.7 Å². The summed E-state index contributed by atoms with van der Waals surface area (Å²) >= 11 is 0. The summed E-state index contributed by atoms with van der Waals surface area (Å²) in [5.74, 6) is 0.106. The lowest BCUT2D eigenvalue weighted by molar-refractivity contribution is -0.124. The number of rotatable bonds is 5. The maximum atomic E-state index is 11.8. The monoisotopic (exact) mass is 291 g/mol. The molecule has 1 aliphatic rings. The molecule has 0 aliphatic heterocycles. The fourth-order valence-corrected chi connectivity index (χ4v) is 2.54. The van der Waals surface area contributed by atoms with Crippen LogP contribution < -0.4 is 21.5 Å². The van der Waals surface area contributed by atoms with Crippen LogP contribution >= 0.6 is 0 Å². The minimum atomic E-state index is -0.246. The zero-order valence-electron chi connectivity index (χ0n) is 11.9. The van der Waals surface area contributed by atoms with Crippen LogP contribution in [0.15, 0.2) is 24.3 Å². The van der Waals surface area contributed by atoms with Crippen molar-refractivity contribution in [2.24, 2.45) is 11.7 Å². The van der Waals surface area contributed by atoms with Gasteiger partial charge in [0.1, 0.15) is 5.75 Å². The Hall–Kier alpha value is -2.24. The number of benzene rings is 1. The lowest BCUT2D eigenvalue weighted by Crippen LogP contribution is -2.41. The normalized spacial score (nSPS) is 21.5. The summed E-state index contributed by atoms with van der Waals surface area (Å²) in [4.78, 5) is 22.9. The number of nitrogen functional groups attached to an aromatic ring is 1. The Bertz CT molecular complexity index is 511. The molecule has 0 spiro atoms. The average molecular weight is 291 g/mol. The maximum Gasteiger partial charge on any atom is 0.258 e. The molecule has 1 fully saturated rings. The number of primary amides is 1. The van der Waals surface area contributed by atoms with Crippen molar-refractivity contribution in [3.05, 3.63) is 24.3 Å². The van der Waals surface area contributed by atoms with Crippen molar-refractivity contribution in [1.29, 1.82) is 0 Å². The zero-order chi connectivity index (χ0) is 15.2. The molecule has 6 nitrogen and oxygen atoms in total. The Balaban J connectivity index is 1.72. The molecule has 5 N–H and O–H groups in total. The van der Waals surface area contributed by atoms with E-state index in [2.05, 4.69) is 5.32 Å². The van der Waals surface area contributed by atoms with E-state index in [1.54, 1.807) is 24.3 Å². The molecule has 2 rings (SSSR count). The van der Waals surface area contributed by atoms with Crippen molar-refractivity contribution in [3.63, 3.8) is 0 Å². The van der Waals surface area contributed by atoms with E-state index in [1.165, 1.54) is 0 Å². The first-order valence-electron chi connectivity index (χ1n) is 7.11. The molecule has 114 valence electrons. The third kappa shape index (κ3) is 4.66. The Labute approximate surface area is 123 Å². The molecule has 0 radical (unpaired) electrons. The quantitative estimate of drug-likeness (QED) is 0.698. The SMILES string of the molecule is NC(=O)C1CCC(NC(=O)COc2cccc(N)c2)CC1. The molecule has 1 aromatic carbocycles. The molecule has 1 saturated carbocycles. The minimum Gasteiger partial charge on any atom is -0.484 e. The fourth-order valence-electron chi connectivity index (χ4n) is 2.54. The number of nitrogens with one attached hydrogen (secondary N) is 1. The summed E-state index contributed by atoms with van der Waals surface area (Å²) < 4.78 is 5.38. The van der Waals surface area contributed by atoms with E-state index in [1.807, 2.05) is 0 Å². The summed E-state index contributed by atoms with van der Waals surface area (Å²) in [5.41, 5.74) is 11.5. The molecule has 0 unspecified atom stereocenters. The second kappa shape index (κ2) is 6.97. The summed E-state index contributed by atoms with van der Waals surface area (Å²) in [6.45, 7) is -0.0425. The first-order valence-corrected chi connectivity index (χ1v) is 7.11. The largest absolute Gasteiger partial charge is 0.484 e. The molecule has 1 aliphatic carbocycles. The van der Waals surface area contributed by atoms with Gasteiger partial charge in [-0.2, -0.15) is 0 Å². The Morgan fingerprint density at radius 1 is 1.24 bits per heavy atom. The number of carbonyl (C=O) groups is 2. The van der Waals surface area contributed by atoms with E-state index >= 15 is 0 Å². The number of hydrogen-bond donors (Lipinski definition) is 3. The van der Waals surface area contributed by atoms with Gasteiger partial charge in [-0.05, 0) is 37.8 Å². The molecular weight excluding hydrogens is 270 g/mol. The first kappa shape index (κ1) is 15.2. The van der Waals surface area contributed by atoms with Crippen molar-refractivity contribution in [1.82, 2.24) is 5.32 Å². The lowest BCUT2D eigenvalue weighted by atomic mass is 9.85. The van der Waals surface area contributed by atoms with E-state index in [0.29, 0.717) is 11.4 Å². The molecule has 21 heavy (non-hydrogen) atoms. The van der Waals surface area contributed by atoms with Crippen molar-refractivity contribution < 1.29 is 14.3 Å². The van der Waals surface area contributed by atoms with Crippen LogP contribution in [-0.4, -0.2) is 24.5 Å². The first-order chi connectivity index (χ1) is 10.0. The van der Waals surface area contributed by atoms with E-state index in [0.717, 1.165) is 25.7 Å². The number of nitrogens with two attached hydrogens (primary N) is 2. The number of carbonyl (C=O) groups excluding carboxylic acids is 2. The van der Waals surface area contributed by atoms with E-state index in [4.69, 9.17) is 16.2 Å². The number of ether oxygens (including phenoxy) is 1. The summed E-state index contributed by atoms with van der Waals surface area (Å²) in [6, 6.07) is 7.04. The van der Waals surface area contributed by atoms with Gasteiger partial charge < -0.3 is 21.5 Å². The van der Waals surface area contributed by atoms with Crippen LogP contribution in [0.25, 0.3) is 0 Å². The van der Waals surface area contributed by atoms with Gasteiger partial charge in [-0.15, -0.1) is 0 Å². The summed E-state index contributed by atoms with van der Waals surface area (Å²) in [7, 11) is 0. The van der Waals surface area contributed by atoms with Gasteiger partial charge in [-0.25, -0.2) is 0 Å². The molecular formula is C15H21N3O3. The standard InChI is InChI=1S/C15H21N3O3/c16-11-2-1-3-13(8-11)21-9-14(19)18-12-6-4-10(5-7-12)15(17)20/h1-3,8,10,12H,4-7,9,16H2,(H2,17,20)(H,18,19). The van der Waals surface area contributed by atoms with Crippen LogP contribution in [-0.2, 0) is 9.59 Å².